The Kier molecular flexibility index (Phi) is 6.23. The number of likely N-dealkylation sites (tertiary alicyclic amines) is 1. The lowest BCUT2D eigenvalue weighted by Gasteiger charge is -2.31. The average Bonchev–Trinajstić information content (AvgIpc) is 2.87. The molecule has 128 valence electrons. The third-order valence-electron chi connectivity index (χ3n) is 4.78. The molecule has 2 saturated heterocycles. The van der Waals surface area contributed by atoms with Crippen molar-refractivity contribution in [2.24, 2.45) is 0 Å². The topological polar surface area (TPSA) is 60.9 Å². The van der Waals surface area contributed by atoms with E-state index in [0.29, 0.717) is 32.6 Å². The molecule has 0 bridgehead atoms. The second-order valence-corrected chi connectivity index (χ2v) is 8.45. The molecule has 0 N–H and O–H groups in total. The van der Waals surface area contributed by atoms with Crippen molar-refractivity contribution in [1.29, 1.82) is 0 Å². The molecule has 2 aliphatic rings. The molecule has 2 fully saturated rings. The highest BCUT2D eigenvalue weighted by Crippen LogP contribution is 2.15. The van der Waals surface area contributed by atoms with E-state index in [1.807, 2.05) is 11.8 Å². The second kappa shape index (κ2) is 7.75. The number of amides is 1. The van der Waals surface area contributed by atoms with E-state index in [-0.39, 0.29) is 11.9 Å². The van der Waals surface area contributed by atoms with Crippen molar-refractivity contribution < 1.29 is 13.2 Å². The van der Waals surface area contributed by atoms with Gasteiger partial charge in [-0.1, -0.05) is 12.8 Å². The summed E-state index contributed by atoms with van der Waals surface area (Å²) in [6.45, 7) is 6.07. The van der Waals surface area contributed by atoms with E-state index >= 15 is 0 Å². The molecule has 1 amide bonds. The minimum Gasteiger partial charge on any atom is -0.340 e. The van der Waals surface area contributed by atoms with E-state index in [9.17, 15) is 13.2 Å². The van der Waals surface area contributed by atoms with Crippen molar-refractivity contribution in [2.45, 2.75) is 45.1 Å². The van der Waals surface area contributed by atoms with E-state index in [2.05, 4.69) is 4.90 Å². The predicted molar refractivity (Wildman–Crippen MR) is 87.1 cm³/mol. The third kappa shape index (κ3) is 4.67. The van der Waals surface area contributed by atoms with Gasteiger partial charge in [0, 0.05) is 26.2 Å². The van der Waals surface area contributed by atoms with Gasteiger partial charge in [0.05, 0.1) is 12.3 Å². The molecule has 2 aliphatic heterocycles. The maximum absolute atomic E-state index is 12.7. The zero-order valence-corrected chi connectivity index (χ0v) is 14.6. The van der Waals surface area contributed by atoms with E-state index in [1.165, 1.54) is 36.2 Å². The van der Waals surface area contributed by atoms with Crippen molar-refractivity contribution in [1.82, 2.24) is 14.1 Å². The molecule has 1 unspecified atom stereocenters. The minimum absolute atomic E-state index is 0.0946. The molecule has 0 spiro atoms. The van der Waals surface area contributed by atoms with Crippen molar-refractivity contribution in [2.75, 3.05) is 45.5 Å². The molecule has 2 heterocycles. The van der Waals surface area contributed by atoms with Gasteiger partial charge in [0.25, 0.3) is 0 Å². The fourth-order valence-electron chi connectivity index (χ4n) is 3.35. The van der Waals surface area contributed by atoms with Crippen LogP contribution in [-0.2, 0) is 14.8 Å². The zero-order chi connectivity index (χ0) is 16.2. The number of carbonyl (C=O) groups excluding carboxylic acids is 1. The molecule has 2 rings (SSSR count). The SMILES string of the molecule is CC(C(=O)N1CCCN(S(C)(=O)=O)CC1)N1CCCCCC1. The van der Waals surface area contributed by atoms with Crippen LogP contribution in [0.4, 0.5) is 0 Å². The normalized spacial score (nSPS) is 24.5. The summed E-state index contributed by atoms with van der Waals surface area (Å²) >= 11 is 0. The first-order chi connectivity index (χ1) is 10.4. The molecule has 0 aromatic carbocycles. The summed E-state index contributed by atoms with van der Waals surface area (Å²) in [5.41, 5.74) is 0. The molecule has 0 saturated carbocycles. The Balaban J connectivity index is 1.94. The van der Waals surface area contributed by atoms with Gasteiger partial charge in [-0.3, -0.25) is 9.69 Å². The summed E-state index contributed by atoms with van der Waals surface area (Å²) < 4.78 is 24.8. The molecule has 22 heavy (non-hydrogen) atoms. The van der Waals surface area contributed by atoms with Crippen LogP contribution in [-0.4, -0.2) is 80.0 Å². The Morgan fingerprint density at radius 1 is 0.864 bits per heavy atom. The van der Waals surface area contributed by atoms with Gasteiger partial charge in [0.2, 0.25) is 15.9 Å². The third-order valence-corrected chi connectivity index (χ3v) is 6.08. The Morgan fingerprint density at radius 2 is 1.50 bits per heavy atom. The molecule has 0 aliphatic carbocycles. The van der Waals surface area contributed by atoms with Gasteiger partial charge in [-0.15, -0.1) is 0 Å². The monoisotopic (exact) mass is 331 g/mol. The van der Waals surface area contributed by atoms with Gasteiger partial charge in [-0.25, -0.2) is 12.7 Å². The van der Waals surface area contributed by atoms with Crippen LogP contribution in [0.15, 0.2) is 0 Å². The molecule has 6 nitrogen and oxygen atoms in total. The largest absolute Gasteiger partial charge is 0.340 e. The van der Waals surface area contributed by atoms with Gasteiger partial charge in [-0.05, 0) is 39.3 Å². The molecule has 0 aromatic heterocycles. The Bertz CT molecular complexity index is 472. The van der Waals surface area contributed by atoms with Crippen LogP contribution >= 0.6 is 0 Å². The fraction of sp³-hybridized carbons (Fsp3) is 0.933. The molecule has 1 atom stereocenters. The van der Waals surface area contributed by atoms with Crippen LogP contribution < -0.4 is 0 Å². The quantitative estimate of drug-likeness (QED) is 0.765. The summed E-state index contributed by atoms with van der Waals surface area (Å²) in [4.78, 5) is 16.9. The number of carbonyl (C=O) groups is 1. The van der Waals surface area contributed by atoms with Gasteiger partial charge in [-0.2, -0.15) is 0 Å². The fourth-order valence-corrected chi connectivity index (χ4v) is 4.22. The highest BCUT2D eigenvalue weighted by atomic mass is 32.2. The second-order valence-electron chi connectivity index (χ2n) is 6.47. The van der Waals surface area contributed by atoms with Crippen molar-refractivity contribution in [3.8, 4) is 0 Å². The van der Waals surface area contributed by atoms with Crippen molar-refractivity contribution >= 4 is 15.9 Å². The summed E-state index contributed by atoms with van der Waals surface area (Å²) in [5, 5.41) is 0. The molecule has 0 radical (unpaired) electrons. The molecule has 7 heteroatoms. The highest BCUT2D eigenvalue weighted by molar-refractivity contribution is 7.88. The van der Waals surface area contributed by atoms with Crippen LogP contribution in [0.1, 0.15) is 39.0 Å². The van der Waals surface area contributed by atoms with Crippen LogP contribution in [0.3, 0.4) is 0 Å². The summed E-state index contributed by atoms with van der Waals surface area (Å²) in [6.07, 6.45) is 6.80. The average molecular weight is 331 g/mol. The first-order valence-electron chi connectivity index (χ1n) is 8.37. The summed E-state index contributed by atoms with van der Waals surface area (Å²) in [5.74, 6) is 0.150. The highest BCUT2D eigenvalue weighted by Gasteiger charge is 2.29. The Morgan fingerprint density at radius 3 is 2.09 bits per heavy atom. The molecular formula is C15H29N3O3S. The summed E-state index contributed by atoms with van der Waals surface area (Å²) in [6, 6.07) is -0.0946. The number of rotatable bonds is 3. The van der Waals surface area contributed by atoms with Crippen LogP contribution in [0, 0.1) is 0 Å². The first-order valence-corrected chi connectivity index (χ1v) is 10.2. The maximum atomic E-state index is 12.7. The number of sulfonamides is 1. The standard InChI is InChI=1S/C15H29N3O3S/c1-14(16-8-5-3-4-6-9-16)15(19)17-10-7-11-18(13-12-17)22(2,20)21/h14H,3-13H2,1-2H3. The lowest BCUT2D eigenvalue weighted by molar-refractivity contribution is -0.136. The first kappa shape index (κ1) is 17.7. The van der Waals surface area contributed by atoms with Gasteiger partial charge in [0.15, 0.2) is 0 Å². The number of nitrogens with zero attached hydrogens (tertiary/aromatic N) is 3. The lowest BCUT2D eigenvalue weighted by Crippen LogP contribution is -2.48. The Hall–Kier alpha value is -0.660. The minimum atomic E-state index is -3.16. The Labute approximate surface area is 134 Å². The smallest absolute Gasteiger partial charge is 0.239 e. The molecule has 0 aromatic rings. The lowest BCUT2D eigenvalue weighted by atomic mass is 10.2. The van der Waals surface area contributed by atoms with Crippen LogP contribution in [0.2, 0.25) is 0 Å². The van der Waals surface area contributed by atoms with Gasteiger partial charge < -0.3 is 4.90 Å². The maximum Gasteiger partial charge on any atom is 0.239 e. The van der Waals surface area contributed by atoms with Crippen LogP contribution in [0.5, 0.6) is 0 Å². The predicted octanol–water partition coefficient (Wildman–Crippen LogP) is 0.745. The number of hydrogen-bond donors (Lipinski definition) is 0. The molecular weight excluding hydrogens is 302 g/mol. The van der Waals surface area contributed by atoms with Crippen LogP contribution in [0.25, 0.3) is 0 Å². The zero-order valence-electron chi connectivity index (χ0n) is 13.8. The van der Waals surface area contributed by atoms with E-state index in [4.69, 9.17) is 0 Å². The van der Waals surface area contributed by atoms with E-state index in [1.54, 1.807) is 0 Å². The van der Waals surface area contributed by atoms with E-state index in [0.717, 1.165) is 13.1 Å². The van der Waals surface area contributed by atoms with E-state index < -0.39 is 10.0 Å². The van der Waals surface area contributed by atoms with Gasteiger partial charge >= 0.3 is 0 Å². The van der Waals surface area contributed by atoms with Crippen molar-refractivity contribution in [3.05, 3.63) is 0 Å². The van der Waals surface area contributed by atoms with Crippen molar-refractivity contribution in [3.63, 3.8) is 0 Å². The number of hydrogen-bond acceptors (Lipinski definition) is 4. The van der Waals surface area contributed by atoms with Gasteiger partial charge in [0.1, 0.15) is 0 Å². The summed E-state index contributed by atoms with van der Waals surface area (Å²) in [7, 11) is -3.16.